The highest BCUT2D eigenvalue weighted by atomic mass is 19.1. The van der Waals surface area contributed by atoms with Gasteiger partial charge in [0.1, 0.15) is 5.82 Å². The monoisotopic (exact) mass is 347 g/mol. The van der Waals surface area contributed by atoms with E-state index in [1.807, 2.05) is 13.8 Å². The number of hydrogen-bond donors (Lipinski definition) is 3. The first kappa shape index (κ1) is 18.7. The highest BCUT2D eigenvalue weighted by Crippen LogP contribution is 2.16. The summed E-state index contributed by atoms with van der Waals surface area (Å²) in [6, 6.07) is 8.99. The summed E-state index contributed by atoms with van der Waals surface area (Å²) in [5.74, 6) is -0.633. The largest absolute Gasteiger partial charge is 0.505 e. The predicted molar refractivity (Wildman–Crippen MR) is 95.7 cm³/mol. The van der Waals surface area contributed by atoms with Crippen LogP contribution in [-0.4, -0.2) is 24.2 Å². The highest BCUT2D eigenvalue weighted by Gasteiger charge is 2.04. The third-order valence-electron chi connectivity index (χ3n) is 3.77. The maximum Gasteiger partial charge on any atom is 0.191 e. The van der Waals surface area contributed by atoms with Crippen molar-refractivity contribution in [3.63, 3.8) is 0 Å². The molecule has 0 saturated carbocycles. The summed E-state index contributed by atoms with van der Waals surface area (Å²) in [6.45, 7) is 5.48. The predicted octanol–water partition coefficient (Wildman–Crippen LogP) is 3.28. The Kier molecular flexibility index (Phi) is 6.74. The summed E-state index contributed by atoms with van der Waals surface area (Å²) in [5.41, 5.74) is 2.66. The molecular formula is C19H23F2N3O. The Morgan fingerprint density at radius 2 is 1.92 bits per heavy atom. The molecule has 0 unspecified atom stereocenters. The van der Waals surface area contributed by atoms with Gasteiger partial charge in [0.05, 0.1) is 6.54 Å². The minimum atomic E-state index is -0.655. The molecule has 0 saturated heterocycles. The lowest BCUT2D eigenvalue weighted by atomic mass is 10.1. The molecule has 6 heteroatoms. The van der Waals surface area contributed by atoms with Gasteiger partial charge in [-0.2, -0.15) is 0 Å². The molecule has 134 valence electrons. The zero-order valence-electron chi connectivity index (χ0n) is 14.4. The molecule has 0 bridgehead atoms. The van der Waals surface area contributed by atoms with E-state index in [4.69, 9.17) is 0 Å². The first-order valence-electron chi connectivity index (χ1n) is 8.24. The highest BCUT2D eigenvalue weighted by molar-refractivity contribution is 5.79. The molecule has 0 heterocycles. The molecule has 0 fully saturated rings. The third kappa shape index (κ3) is 5.74. The van der Waals surface area contributed by atoms with E-state index in [2.05, 4.69) is 15.6 Å². The number of benzene rings is 2. The molecule has 0 amide bonds. The van der Waals surface area contributed by atoms with Crippen LogP contribution in [0.2, 0.25) is 0 Å². The second-order valence-electron chi connectivity index (χ2n) is 5.73. The summed E-state index contributed by atoms with van der Waals surface area (Å²) in [7, 11) is 0. The Morgan fingerprint density at radius 3 is 2.60 bits per heavy atom. The number of guanidine groups is 1. The maximum atomic E-state index is 13.4. The van der Waals surface area contributed by atoms with Crippen LogP contribution in [0.15, 0.2) is 41.4 Å². The van der Waals surface area contributed by atoms with E-state index in [-0.39, 0.29) is 11.6 Å². The number of aliphatic imine (C=N–C) groups is 1. The van der Waals surface area contributed by atoms with Gasteiger partial charge in [0.25, 0.3) is 0 Å². The number of aromatic hydroxyl groups is 1. The van der Waals surface area contributed by atoms with Crippen LogP contribution < -0.4 is 10.6 Å². The second kappa shape index (κ2) is 9.01. The van der Waals surface area contributed by atoms with Crippen LogP contribution in [0.5, 0.6) is 5.75 Å². The normalized spacial score (nSPS) is 11.4. The van der Waals surface area contributed by atoms with Crippen LogP contribution in [0, 0.1) is 18.6 Å². The van der Waals surface area contributed by atoms with E-state index >= 15 is 0 Å². The zero-order chi connectivity index (χ0) is 18.2. The number of hydrogen-bond acceptors (Lipinski definition) is 2. The van der Waals surface area contributed by atoms with Crippen LogP contribution in [-0.2, 0) is 13.0 Å². The van der Waals surface area contributed by atoms with Crippen molar-refractivity contribution in [2.75, 3.05) is 13.1 Å². The van der Waals surface area contributed by atoms with E-state index < -0.39 is 5.82 Å². The van der Waals surface area contributed by atoms with Gasteiger partial charge in [-0.1, -0.05) is 12.1 Å². The fraction of sp³-hybridized carbons (Fsp3) is 0.316. The first-order chi connectivity index (χ1) is 12.0. The van der Waals surface area contributed by atoms with Gasteiger partial charge >= 0.3 is 0 Å². The summed E-state index contributed by atoms with van der Waals surface area (Å²) in [6.07, 6.45) is 0.740. The number of rotatable bonds is 6. The van der Waals surface area contributed by atoms with E-state index in [0.717, 1.165) is 17.5 Å². The van der Waals surface area contributed by atoms with Crippen LogP contribution in [0.1, 0.15) is 23.6 Å². The summed E-state index contributed by atoms with van der Waals surface area (Å²) >= 11 is 0. The molecular weight excluding hydrogens is 324 g/mol. The third-order valence-corrected chi connectivity index (χ3v) is 3.77. The Morgan fingerprint density at radius 1 is 1.12 bits per heavy atom. The summed E-state index contributed by atoms with van der Waals surface area (Å²) < 4.78 is 26.5. The van der Waals surface area contributed by atoms with Crippen molar-refractivity contribution in [2.45, 2.75) is 26.8 Å². The molecule has 4 nitrogen and oxygen atoms in total. The Labute approximate surface area is 146 Å². The van der Waals surface area contributed by atoms with Crippen molar-refractivity contribution in [3.05, 3.63) is 64.7 Å². The van der Waals surface area contributed by atoms with Crippen molar-refractivity contribution >= 4 is 5.96 Å². The zero-order valence-corrected chi connectivity index (χ0v) is 14.4. The summed E-state index contributed by atoms with van der Waals surface area (Å²) in [4.78, 5) is 4.41. The quantitative estimate of drug-likeness (QED) is 0.555. The number of nitrogens with zero attached hydrogens (tertiary/aromatic N) is 1. The molecule has 3 N–H and O–H groups in total. The van der Waals surface area contributed by atoms with Crippen molar-refractivity contribution in [1.29, 1.82) is 0 Å². The lowest BCUT2D eigenvalue weighted by Crippen LogP contribution is -2.38. The lowest BCUT2D eigenvalue weighted by Gasteiger charge is -2.12. The van der Waals surface area contributed by atoms with E-state index in [1.165, 1.54) is 24.3 Å². The van der Waals surface area contributed by atoms with Crippen molar-refractivity contribution in [1.82, 2.24) is 10.6 Å². The number of nitrogens with one attached hydrogen (secondary N) is 2. The average molecular weight is 347 g/mol. The van der Waals surface area contributed by atoms with Gasteiger partial charge in [0.2, 0.25) is 0 Å². The fourth-order valence-electron chi connectivity index (χ4n) is 2.42. The van der Waals surface area contributed by atoms with Crippen molar-refractivity contribution in [2.24, 2.45) is 4.99 Å². The number of halogens is 2. The van der Waals surface area contributed by atoms with E-state index in [9.17, 15) is 13.9 Å². The minimum absolute atomic E-state index is 0.231. The smallest absolute Gasteiger partial charge is 0.191 e. The van der Waals surface area contributed by atoms with Gasteiger partial charge < -0.3 is 15.7 Å². The summed E-state index contributed by atoms with van der Waals surface area (Å²) in [5, 5.41) is 15.5. The lowest BCUT2D eigenvalue weighted by molar-refractivity contribution is 0.432. The van der Waals surface area contributed by atoms with E-state index in [1.54, 1.807) is 12.1 Å². The van der Waals surface area contributed by atoms with Gasteiger partial charge in [-0.25, -0.2) is 13.8 Å². The molecule has 0 radical (unpaired) electrons. The second-order valence-corrected chi connectivity index (χ2v) is 5.73. The molecule has 0 aromatic heterocycles. The number of aryl methyl sites for hydroxylation is 1. The maximum absolute atomic E-state index is 13.4. The van der Waals surface area contributed by atoms with Gasteiger partial charge in [-0.15, -0.1) is 0 Å². The molecule has 2 rings (SSSR count). The van der Waals surface area contributed by atoms with Crippen LogP contribution in [0.25, 0.3) is 0 Å². The van der Waals surface area contributed by atoms with Crippen LogP contribution in [0.4, 0.5) is 8.78 Å². The van der Waals surface area contributed by atoms with Crippen molar-refractivity contribution in [3.8, 4) is 5.75 Å². The van der Waals surface area contributed by atoms with Crippen LogP contribution >= 0.6 is 0 Å². The molecule has 0 atom stereocenters. The van der Waals surface area contributed by atoms with Crippen LogP contribution in [0.3, 0.4) is 0 Å². The number of phenolic OH excluding ortho intramolecular Hbond substituents is 1. The van der Waals surface area contributed by atoms with Gasteiger partial charge in [-0.05, 0) is 61.2 Å². The minimum Gasteiger partial charge on any atom is -0.505 e. The molecule has 2 aromatic rings. The topological polar surface area (TPSA) is 56.7 Å². The van der Waals surface area contributed by atoms with Gasteiger partial charge in [0, 0.05) is 13.1 Å². The molecule has 0 aliphatic heterocycles. The van der Waals surface area contributed by atoms with E-state index in [0.29, 0.717) is 31.2 Å². The SMILES string of the molecule is CCNC(=NCc1ccc(O)c(F)c1)NCCc1ccc(F)cc1C. The van der Waals surface area contributed by atoms with Crippen molar-refractivity contribution < 1.29 is 13.9 Å². The Balaban J connectivity index is 1.94. The van der Waals surface area contributed by atoms with Gasteiger partial charge in [0.15, 0.2) is 17.5 Å². The Hall–Kier alpha value is -2.63. The average Bonchev–Trinajstić information content (AvgIpc) is 2.57. The molecule has 2 aromatic carbocycles. The standard InChI is InChI=1S/C19H23F2N3O/c1-3-22-19(24-12-14-4-7-18(25)17(21)11-14)23-9-8-15-5-6-16(20)10-13(15)2/h4-7,10-11,25H,3,8-9,12H2,1-2H3,(H2,22,23,24). The molecule has 25 heavy (non-hydrogen) atoms. The van der Waals surface area contributed by atoms with Gasteiger partial charge in [-0.3, -0.25) is 0 Å². The number of phenols is 1. The Bertz CT molecular complexity index is 747. The molecule has 0 aliphatic rings. The fourth-order valence-corrected chi connectivity index (χ4v) is 2.42. The molecule has 0 spiro atoms. The molecule has 0 aliphatic carbocycles. The first-order valence-corrected chi connectivity index (χ1v) is 8.24.